The van der Waals surface area contributed by atoms with E-state index >= 15 is 0 Å². The van der Waals surface area contributed by atoms with Crippen molar-refractivity contribution >= 4 is 87.0 Å². The van der Waals surface area contributed by atoms with Crippen LogP contribution in [0.15, 0.2) is 85.2 Å². The molecule has 17 heteroatoms. The molecule has 6 aromatic rings. The van der Waals surface area contributed by atoms with Gasteiger partial charge in [-0.15, -0.1) is 11.3 Å². The van der Waals surface area contributed by atoms with Crippen molar-refractivity contribution in [3.63, 3.8) is 0 Å². The summed E-state index contributed by atoms with van der Waals surface area (Å²) in [6, 6.07) is 22.2. The lowest BCUT2D eigenvalue weighted by atomic mass is 9.85. The first-order chi connectivity index (χ1) is 36.7. The minimum atomic E-state index is -1.13. The molecule has 8 rings (SSSR count). The van der Waals surface area contributed by atoms with Gasteiger partial charge in [-0.2, -0.15) is 0 Å². The molecule has 0 bridgehead atoms. The summed E-state index contributed by atoms with van der Waals surface area (Å²) in [6.07, 6.45) is 14.3. The fourth-order valence-electron chi connectivity index (χ4n) is 9.50. The number of likely N-dealkylation sites (tertiary alicyclic amines) is 1. The van der Waals surface area contributed by atoms with Crippen LogP contribution in [0.5, 0.6) is 5.75 Å². The molecule has 2 unspecified atom stereocenters. The number of allylic oxidation sites excluding steroid dienone is 1. The van der Waals surface area contributed by atoms with E-state index in [1.54, 1.807) is 4.90 Å². The van der Waals surface area contributed by atoms with Gasteiger partial charge < -0.3 is 45.1 Å². The second-order valence-electron chi connectivity index (χ2n) is 18.8. The monoisotopic (exact) mass is 1080 g/mol. The number of aromatic nitrogens is 3. The van der Waals surface area contributed by atoms with Gasteiger partial charge in [0, 0.05) is 62.1 Å². The first kappa shape index (κ1) is 62.1. The lowest BCUT2D eigenvalue weighted by molar-refractivity contribution is -0.113. The van der Waals surface area contributed by atoms with Gasteiger partial charge in [-0.25, -0.2) is 19.7 Å². The second-order valence-corrected chi connectivity index (χ2v) is 20.2. The fourth-order valence-corrected chi connectivity index (χ4v) is 10.9. The Bertz CT molecular complexity index is 2850. The topological polar surface area (TPSA) is 190 Å². The number of fused-ring (bicyclic) bond motifs is 2. The van der Waals surface area contributed by atoms with E-state index < -0.39 is 12.0 Å². The number of aldehydes is 2. The number of benzene rings is 3. The van der Waals surface area contributed by atoms with Crippen molar-refractivity contribution in [2.75, 3.05) is 62.6 Å². The van der Waals surface area contributed by atoms with Gasteiger partial charge in [-0.1, -0.05) is 88.2 Å². The number of aliphatic hydroxyl groups is 1. The highest BCUT2D eigenvalue weighted by Crippen LogP contribution is 2.46. The molecule has 410 valence electrons. The van der Waals surface area contributed by atoms with Crippen LogP contribution in [-0.2, 0) is 20.8 Å². The van der Waals surface area contributed by atoms with Crippen molar-refractivity contribution in [1.82, 2.24) is 25.2 Å². The number of halogens is 1. The summed E-state index contributed by atoms with van der Waals surface area (Å²) in [5.41, 5.74) is 7.67. The Kier molecular flexibility index (Phi) is 25.3. The van der Waals surface area contributed by atoms with E-state index in [1.807, 2.05) is 95.7 Å². The number of nitrogens with zero attached hydrogens (tertiary/aromatic N) is 6. The molecule has 76 heavy (non-hydrogen) atoms. The van der Waals surface area contributed by atoms with Gasteiger partial charge in [0.2, 0.25) is 6.41 Å². The van der Waals surface area contributed by atoms with Crippen LogP contribution in [0.25, 0.3) is 32.4 Å². The van der Waals surface area contributed by atoms with Crippen LogP contribution in [0.1, 0.15) is 119 Å². The van der Waals surface area contributed by atoms with Gasteiger partial charge in [-0.3, -0.25) is 9.59 Å². The fraction of sp³-hybridized carbons (Fsp3) is 0.441. The van der Waals surface area contributed by atoms with Crippen molar-refractivity contribution in [3.05, 3.63) is 112 Å². The highest BCUT2D eigenvalue weighted by molar-refractivity contribution is 7.18. The molecule has 0 radical (unpaired) electrons. The molecule has 3 aromatic heterocycles. The van der Waals surface area contributed by atoms with E-state index in [1.165, 1.54) is 5.56 Å². The predicted octanol–water partition coefficient (Wildman–Crippen LogP) is 11.8. The highest BCUT2D eigenvalue weighted by atomic mass is 35.5. The number of aryl methyl sites for hydroxylation is 2. The quantitative estimate of drug-likeness (QED) is 0.0631. The van der Waals surface area contributed by atoms with Gasteiger partial charge in [0.15, 0.2) is 22.6 Å². The molecule has 2 atom stereocenters. The van der Waals surface area contributed by atoms with E-state index in [2.05, 4.69) is 89.4 Å². The third-order valence-corrected chi connectivity index (χ3v) is 15.2. The standard InChI is InChI=1S/C31H35N5O2.C21H25ClN2O4S.C4H9N.C2H6.CH4O/c1-4-7-24(19-37)36(20-38)28-13-11-25(26-9-6-8-21(3)30(26)28)22-14-16-35(17-15-22)29-18-32-27-12-10-23(5-2)33-31(27)34-29;1-21(2)12-15(7-8-24(21)3)23-14-6-4-5-13(11-14)18-16(22)17(28-10-9-25)19(29-18)20(26)27;1-3-4-5-2;2*1-2/h6,8-13,18-20,22,24H,4-5,7,14-17H2,1-3H3;4-6,9,11,15,23H,7-8,10,12H2,1-3H3,(H,26,27);3-5H,1-2H3;1-2H3;2H,1H3. The van der Waals surface area contributed by atoms with E-state index in [0.717, 1.165) is 140 Å². The molecular weight excluding hydrogens is 1000 g/mol. The Labute approximate surface area is 458 Å². The van der Waals surface area contributed by atoms with Crippen LogP contribution in [0.4, 0.5) is 17.2 Å². The third-order valence-electron chi connectivity index (χ3n) is 13.5. The van der Waals surface area contributed by atoms with E-state index in [9.17, 15) is 24.3 Å². The molecule has 0 saturated carbocycles. The number of amides is 1. The molecule has 2 aliphatic heterocycles. The zero-order valence-electron chi connectivity index (χ0n) is 46.2. The van der Waals surface area contributed by atoms with Crippen LogP contribution >= 0.6 is 22.9 Å². The summed E-state index contributed by atoms with van der Waals surface area (Å²) in [7, 11) is 5.03. The molecule has 3 aromatic carbocycles. The SMILES string of the molecule is CC.CC=CNC.CCCC(C=O)N(C=O)c1ccc(C2CCN(c3cnc4ccc(CC)nc4n3)CC2)c2cccc(C)c12.CN1CCC(Nc2cccc(-c3sc(C(=O)O)c(OCC=O)c3Cl)c2)CC1(C)C.CO. The number of hydrogen-bond acceptors (Lipinski definition) is 14. The number of carboxylic acids is 1. The molecule has 2 aliphatic rings. The maximum Gasteiger partial charge on any atom is 0.349 e. The zero-order chi connectivity index (χ0) is 56.0. The summed E-state index contributed by atoms with van der Waals surface area (Å²) in [5.74, 6) is 0.184. The molecule has 2 fully saturated rings. The summed E-state index contributed by atoms with van der Waals surface area (Å²) in [5, 5.41) is 25.3. The number of carbonyl (C=O) groups is 4. The second kappa shape index (κ2) is 30.9. The van der Waals surface area contributed by atoms with Crippen LogP contribution in [-0.4, -0.2) is 120 Å². The van der Waals surface area contributed by atoms with Crippen LogP contribution in [0.2, 0.25) is 5.02 Å². The Balaban J connectivity index is 0.000000292. The van der Waals surface area contributed by atoms with Gasteiger partial charge in [0.25, 0.3) is 0 Å². The van der Waals surface area contributed by atoms with Gasteiger partial charge in [-0.05, 0) is 138 Å². The molecular formula is C59H79ClN8O7S. The molecule has 0 aliphatic carbocycles. The van der Waals surface area contributed by atoms with Gasteiger partial charge >= 0.3 is 5.97 Å². The number of hydrogen-bond donors (Lipinski definition) is 4. The number of aliphatic hydroxyl groups excluding tert-OH is 1. The number of aromatic carboxylic acids is 1. The van der Waals surface area contributed by atoms with E-state index in [0.29, 0.717) is 35.2 Å². The van der Waals surface area contributed by atoms with Crippen molar-refractivity contribution in [2.24, 2.45) is 0 Å². The minimum Gasteiger partial charge on any atom is -0.483 e. The number of piperidine rings is 2. The Hall–Kier alpha value is -6.46. The average molecular weight is 1080 g/mol. The van der Waals surface area contributed by atoms with Crippen LogP contribution in [0, 0.1) is 6.92 Å². The lowest BCUT2D eigenvalue weighted by Crippen LogP contribution is -2.50. The zero-order valence-corrected chi connectivity index (χ0v) is 47.8. The van der Waals surface area contributed by atoms with Gasteiger partial charge in [0.1, 0.15) is 29.3 Å². The number of pyridine rings is 1. The summed E-state index contributed by atoms with van der Waals surface area (Å²) < 4.78 is 5.27. The van der Waals surface area contributed by atoms with E-state index in [-0.39, 0.29) is 27.8 Å². The number of thiophene rings is 1. The normalized spacial score (nSPS) is 15.5. The molecule has 2 saturated heterocycles. The van der Waals surface area contributed by atoms with Crippen molar-refractivity contribution in [1.29, 1.82) is 0 Å². The summed E-state index contributed by atoms with van der Waals surface area (Å²) in [6.45, 7) is 19.2. The largest absolute Gasteiger partial charge is 0.483 e. The Morgan fingerprint density at radius 1 is 1.00 bits per heavy atom. The predicted molar refractivity (Wildman–Crippen MR) is 313 cm³/mol. The maximum absolute atomic E-state index is 12.2. The Morgan fingerprint density at radius 2 is 1.72 bits per heavy atom. The maximum atomic E-state index is 12.2. The third kappa shape index (κ3) is 15.8. The number of carboxylic acid groups (broad SMARTS) is 1. The number of nitrogens with one attached hydrogen (secondary N) is 2. The number of rotatable bonds is 17. The van der Waals surface area contributed by atoms with Crippen molar-refractivity contribution in [2.45, 2.75) is 124 Å². The summed E-state index contributed by atoms with van der Waals surface area (Å²) >= 11 is 7.47. The van der Waals surface area contributed by atoms with Crippen LogP contribution < -0.4 is 25.2 Å². The highest BCUT2D eigenvalue weighted by Gasteiger charge is 2.33. The molecule has 4 N–H and O–H groups in total. The minimum absolute atomic E-state index is 0.0118. The number of anilines is 3. The molecule has 5 heterocycles. The number of carbonyl (C=O) groups excluding carboxylic acids is 3. The van der Waals surface area contributed by atoms with Crippen LogP contribution in [0.3, 0.4) is 0 Å². The van der Waals surface area contributed by atoms with Gasteiger partial charge in [0.05, 0.1) is 22.8 Å². The van der Waals surface area contributed by atoms with Crippen molar-refractivity contribution in [3.8, 4) is 16.2 Å². The lowest BCUT2D eigenvalue weighted by Gasteiger charge is -2.44. The smallest absolute Gasteiger partial charge is 0.349 e. The molecule has 15 nitrogen and oxygen atoms in total. The Morgan fingerprint density at radius 3 is 2.33 bits per heavy atom. The first-order valence-electron chi connectivity index (χ1n) is 26.2. The first-order valence-corrected chi connectivity index (χ1v) is 27.4. The van der Waals surface area contributed by atoms with Crippen molar-refractivity contribution < 1.29 is 34.1 Å². The molecule has 0 spiro atoms. The molecule has 1 amide bonds. The van der Waals surface area contributed by atoms with E-state index in [4.69, 9.17) is 26.4 Å². The summed E-state index contributed by atoms with van der Waals surface area (Å²) in [4.78, 5) is 67.2. The number of ether oxygens (including phenoxy) is 1. The average Bonchev–Trinajstić information content (AvgIpc) is 3.78.